The lowest BCUT2D eigenvalue weighted by Crippen LogP contribution is -2.30. The Kier molecular flexibility index (Phi) is 3.61. The van der Waals surface area contributed by atoms with Crippen molar-refractivity contribution < 1.29 is 24.1 Å². The molecule has 4 nitrogen and oxygen atoms in total. The minimum absolute atomic E-state index is 0.232. The highest BCUT2D eigenvalue weighted by Crippen LogP contribution is 2.28. The van der Waals surface area contributed by atoms with E-state index in [1.165, 1.54) is 25.1 Å². The molecule has 1 fully saturated rings. The van der Waals surface area contributed by atoms with Gasteiger partial charge in [0.05, 0.1) is 19.3 Å². The first-order valence-electron chi connectivity index (χ1n) is 5.48. The summed E-state index contributed by atoms with van der Waals surface area (Å²) in [5.41, 5.74) is 0.365. The lowest BCUT2D eigenvalue weighted by atomic mass is 10.1. The predicted octanol–water partition coefficient (Wildman–Crippen LogP) is 1.02. The molecule has 0 amide bonds. The van der Waals surface area contributed by atoms with Gasteiger partial charge in [0.2, 0.25) is 0 Å². The summed E-state index contributed by atoms with van der Waals surface area (Å²) in [4.78, 5) is 0. The molecule has 3 unspecified atom stereocenters. The van der Waals surface area contributed by atoms with Crippen molar-refractivity contribution in [1.29, 1.82) is 0 Å². The molecular weight excluding hydrogens is 227 g/mol. The third-order valence-corrected chi connectivity index (χ3v) is 2.70. The molecule has 1 saturated heterocycles. The monoisotopic (exact) mass is 242 g/mol. The van der Waals surface area contributed by atoms with Crippen molar-refractivity contribution in [2.75, 3.05) is 13.2 Å². The fourth-order valence-electron chi connectivity index (χ4n) is 1.75. The van der Waals surface area contributed by atoms with Crippen LogP contribution in [0.3, 0.4) is 0 Å². The highest BCUT2D eigenvalue weighted by atomic mass is 19.1. The first kappa shape index (κ1) is 12.3. The van der Waals surface area contributed by atoms with Crippen molar-refractivity contribution in [3.63, 3.8) is 0 Å². The average Bonchev–Trinajstić information content (AvgIpc) is 2.67. The van der Waals surface area contributed by atoms with Crippen LogP contribution in [0.15, 0.2) is 18.2 Å². The van der Waals surface area contributed by atoms with E-state index in [0.717, 1.165) is 0 Å². The Labute approximate surface area is 98.6 Å². The molecule has 0 aliphatic carbocycles. The SMILES string of the molecule is CC(O)c1cc(F)ccc1OC1COCC1O. The van der Waals surface area contributed by atoms with Crippen LogP contribution in [0.4, 0.5) is 4.39 Å². The number of aliphatic hydroxyl groups excluding tert-OH is 2. The fourth-order valence-corrected chi connectivity index (χ4v) is 1.75. The van der Waals surface area contributed by atoms with E-state index in [4.69, 9.17) is 9.47 Å². The zero-order valence-electron chi connectivity index (χ0n) is 9.47. The number of hydrogen-bond acceptors (Lipinski definition) is 4. The Morgan fingerprint density at radius 3 is 2.82 bits per heavy atom. The Morgan fingerprint density at radius 1 is 1.47 bits per heavy atom. The normalized spacial score (nSPS) is 25.9. The lowest BCUT2D eigenvalue weighted by Gasteiger charge is -2.19. The van der Waals surface area contributed by atoms with Crippen molar-refractivity contribution in [1.82, 2.24) is 0 Å². The number of benzene rings is 1. The van der Waals surface area contributed by atoms with Crippen LogP contribution >= 0.6 is 0 Å². The zero-order valence-corrected chi connectivity index (χ0v) is 9.47. The highest BCUT2D eigenvalue weighted by molar-refractivity contribution is 5.35. The fraction of sp³-hybridized carbons (Fsp3) is 0.500. The number of hydrogen-bond donors (Lipinski definition) is 2. The third-order valence-electron chi connectivity index (χ3n) is 2.70. The largest absolute Gasteiger partial charge is 0.485 e. The second-order valence-corrected chi connectivity index (χ2v) is 4.12. The van der Waals surface area contributed by atoms with Gasteiger partial charge in [-0.05, 0) is 25.1 Å². The Morgan fingerprint density at radius 2 is 2.24 bits per heavy atom. The van der Waals surface area contributed by atoms with E-state index < -0.39 is 24.1 Å². The van der Waals surface area contributed by atoms with E-state index in [0.29, 0.717) is 11.3 Å². The van der Waals surface area contributed by atoms with E-state index in [1.807, 2.05) is 0 Å². The molecule has 2 rings (SSSR count). The standard InChI is InChI=1S/C12H15FO4/c1-7(14)9-4-8(13)2-3-11(9)17-12-6-16-5-10(12)15/h2-4,7,10,12,14-15H,5-6H2,1H3. The highest BCUT2D eigenvalue weighted by Gasteiger charge is 2.29. The predicted molar refractivity (Wildman–Crippen MR) is 58.3 cm³/mol. The van der Waals surface area contributed by atoms with Gasteiger partial charge in [0.1, 0.15) is 23.8 Å². The Balaban J connectivity index is 2.19. The number of halogens is 1. The maximum Gasteiger partial charge on any atom is 0.150 e. The van der Waals surface area contributed by atoms with Crippen LogP contribution in [0.2, 0.25) is 0 Å². The van der Waals surface area contributed by atoms with Gasteiger partial charge in [-0.1, -0.05) is 0 Å². The molecule has 1 heterocycles. The second-order valence-electron chi connectivity index (χ2n) is 4.12. The van der Waals surface area contributed by atoms with Crippen molar-refractivity contribution in [3.8, 4) is 5.75 Å². The average molecular weight is 242 g/mol. The molecule has 1 aliphatic heterocycles. The summed E-state index contributed by atoms with van der Waals surface area (Å²) in [6.45, 7) is 2.05. The number of ether oxygens (including phenoxy) is 2. The topological polar surface area (TPSA) is 58.9 Å². The van der Waals surface area contributed by atoms with Crippen LogP contribution in [0.1, 0.15) is 18.6 Å². The van der Waals surface area contributed by atoms with Gasteiger partial charge in [0.15, 0.2) is 0 Å². The van der Waals surface area contributed by atoms with Gasteiger partial charge in [0, 0.05) is 5.56 Å². The second kappa shape index (κ2) is 5.00. The van der Waals surface area contributed by atoms with E-state index in [-0.39, 0.29) is 13.2 Å². The van der Waals surface area contributed by atoms with Crippen LogP contribution in [0, 0.1) is 5.82 Å². The number of aliphatic hydroxyl groups is 2. The van der Waals surface area contributed by atoms with Crippen LogP contribution in [0.5, 0.6) is 5.75 Å². The van der Waals surface area contributed by atoms with Crippen molar-refractivity contribution >= 4 is 0 Å². The quantitative estimate of drug-likeness (QED) is 0.830. The van der Waals surface area contributed by atoms with E-state index in [2.05, 4.69) is 0 Å². The first-order valence-corrected chi connectivity index (χ1v) is 5.48. The summed E-state index contributed by atoms with van der Waals surface area (Å²) in [6.07, 6.45) is -2.00. The molecule has 3 atom stereocenters. The smallest absolute Gasteiger partial charge is 0.150 e. The van der Waals surface area contributed by atoms with Crippen LogP contribution in [-0.2, 0) is 4.74 Å². The molecule has 17 heavy (non-hydrogen) atoms. The molecule has 0 radical (unpaired) electrons. The summed E-state index contributed by atoms with van der Waals surface area (Å²) in [5, 5.41) is 19.1. The molecule has 94 valence electrons. The molecule has 1 aromatic carbocycles. The van der Waals surface area contributed by atoms with Crippen LogP contribution in [-0.4, -0.2) is 35.6 Å². The summed E-state index contributed by atoms with van der Waals surface area (Å²) in [7, 11) is 0. The third kappa shape index (κ3) is 2.74. The zero-order chi connectivity index (χ0) is 12.4. The van der Waals surface area contributed by atoms with Crippen molar-refractivity contribution in [3.05, 3.63) is 29.6 Å². The molecule has 1 aromatic rings. The summed E-state index contributed by atoms with van der Waals surface area (Å²) < 4.78 is 23.6. The first-order chi connectivity index (χ1) is 8.08. The van der Waals surface area contributed by atoms with E-state index >= 15 is 0 Å². The lowest BCUT2D eigenvalue weighted by molar-refractivity contribution is 0.0703. The van der Waals surface area contributed by atoms with Gasteiger partial charge < -0.3 is 19.7 Å². The molecule has 5 heteroatoms. The molecule has 2 N–H and O–H groups in total. The van der Waals surface area contributed by atoms with Gasteiger partial charge in [-0.2, -0.15) is 0 Å². The molecular formula is C12H15FO4. The van der Waals surface area contributed by atoms with Crippen LogP contribution in [0.25, 0.3) is 0 Å². The van der Waals surface area contributed by atoms with Crippen molar-refractivity contribution in [2.24, 2.45) is 0 Å². The van der Waals surface area contributed by atoms with Crippen LogP contribution < -0.4 is 4.74 Å². The summed E-state index contributed by atoms with van der Waals surface area (Å²) in [6, 6.07) is 3.92. The van der Waals surface area contributed by atoms with Gasteiger partial charge in [-0.25, -0.2) is 4.39 Å². The summed E-state index contributed by atoms with van der Waals surface area (Å²) >= 11 is 0. The minimum Gasteiger partial charge on any atom is -0.485 e. The maximum atomic E-state index is 13.1. The van der Waals surface area contributed by atoms with Gasteiger partial charge in [-0.3, -0.25) is 0 Å². The number of rotatable bonds is 3. The van der Waals surface area contributed by atoms with Gasteiger partial charge in [0.25, 0.3) is 0 Å². The summed E-state index contributed by atoms with van der Waals surface area (Å²) in [5.74, 6) is -0.0626. The van der Waals surface area contributed by atoms with Gasteiger partial charge in [-0.15, -0.1) is 0 Å². The molecule has 1 aliphatic rings. The molecule has 0 bridgehead atoms. The van der Waals surface area contributed by atoms with Crippen molar-refractivity contribution in [2.45, 2.75) is 25.2 Å². The van der Waals surface area contributed by atoms with E-state index in [9.17, 15) is 14.6 Å². The molecule has 0 spiro atoms. The Hall–Kier alpha value is -1.17. The Bertz CT molecular complexity index is 394. The minimum atomic E-state index is -0.833. The molecule has 0 saturated carbocycles. The van der Waals surface area contributed by atoms with E-state index in [1.54, 1.807) is 0 Å². The molecule has 0 aromatic heterocycles. The maximum absolute atomic E-state index is 13.1. The van der Waals surface area contributed by atoms with Gasteiger partial charge >= 0.3 is 0 Å².